The standard InChI is InChI=1S/C22H19N3O3S/c23-15-4-16-24-29(27,28)21-13-9-19(10-14-21)22(26)25-20-11-7-18(8-12-20)17-5-2-1-3-6-17/h1-3,5-14,24H,4,16H2,(H,25,26). The first kappa shape index (κ1) is 20.3. The molecule has 0 aliphatic rings. The van der Waals surface area contributed by atoms with E-state index in [0.29, 0.717) is 11.3 Å². The molecule has 0 radical (unpaired) electrons. The Kier molecular flexibility index (Phi) is 6.39. The number of rotatable bonds is 7. The number of carbonyl (C=O) groups excluding carboxylic acids is 1. The van der Waals surface area contributed by atoms with Gasteiger partial charge in [-0.2, -0.15) is 5.26 Å². The smallest absolute Gasteiger partial charge is 0.255 e. The molecule has 0 spiro atoms. The molecule has 0 unspecified atom stereocenters. The minimum Gasteiger partial charge on any atom is -0.322 e. The Morgan fingerprint density at radius 2 is 1.48 bits per heavy atom. The van der Waals surface area contributed by atoms with Gasteiger partial charge in [-0.3, -0.25) is 4.79 Å². The molecule has 3 aromatic rings. The van der Waals surface area contributed by atoms with Gasteiger partial charge in [-0.1, -0.05) is 42.5 Å². The maximum Gasteiger partial charge on any atom is 0.255 e. The fraction of sp³-hybridized carbons (Fsp3) is 0.0909. The lowest BCUT2D eigenvalue weighted by molar-refractivity contribution is 0.102. The fourth-order valence-corrected chi connectivity index (χ4v) is 3.72. The number of amides is 1. The summed E-state index contributed by atoms with van der Waals surface area (Å²) in [6.07, 6.45) is 0.0861. The number of sulfonamides is 1. The average Bonchev–Trinajstić information content (AvgIpc) is 2.75. The molecule has 1 amide bonds. The van der Waals surface area contributed by atoms with Crippen LogP contribution in [0.25, 0.3) is 11.1 Å². The van der Waals surface area contributed by atoms with E-state index in [-0.39, 0.29) is 23.8 Å². The molecule has 0 heterocycles. The van der Waals surface area contributed by atoms with Crippen molar-refractivity contribution < 1.29 is 13.2 Å². The van der Waals surface area contributed by atoms with Crippen molar-refractivity contribution in [3.63, 3.8) is 0 Å². The first-order valence-electron chi connectivity index (χ1n) is 8.93. The average molecular weight is 405 g/mol. The molecule has 0 aliphatic heterocycles. The lowest BCUT2D eigenvalue weighted by Crippen LogP contribution is -2.24. The predicted molar refractivity (Wildman–Crippen MR) is 112 cm³/mol. The number of hydrogen-bond acceptors (Lipinski definition) is 4. The van der Waals surface area contributed by atoms with Gasteiger partial charge >= 0.3 is 0 Å². The number of carbonyl (C=O) groups is 1. The number of nitrogens with zero attached hydrogens (tertiary/aromatic N) is 1. The molecule has 0 aliphatic carbocycles. The van der Waals surface area contributed by atoms with Gasteiger partial charge in [-0.25, -0.2) is 13.1 Å². The largest absolute Gasteiger partial charge is 0.322 e. The normalized spacial score (nSPS) is 10.9. The van der Waals surface area contributed by atoms with Crippen molar-refractivity contribution in [2.75, 3.05) is 11.9 Å². The Balaban J connectivity index is 1.66. The van der Waals surface area contributed by atoms with Crippen LogP contribution in [0.4, 0.5) is 5.69 Å². The highest BCUT2D eigenvalue weighted by atomic mass is 32.2. The second kappa shape index (κ2) is 9.15. The van der Waals surface area contributed by atoms with Crippen LogP contribution in [0.3, 0.4) is 0 Å². The zero-order valence-corrected chi connectivity index (χ0v) is 16.3. The van der Waals surface area contributed by atoms with Crippen LogP contribution in [0.5, 0.6) is 0 Å². The first-order valence-corrected chi connectivity index (χ1v) is 10.4. The molecule has 0 saturated heterocycles. The van der Waals surface area contributed by atoms with E-state index in [9.17, 15) is 13.2 Å². The molecule has 0 atom stereocenters. The van der Waals surface area contributed by atoms with E-state index in [4.69, 9.17) is 5.26 Å². The van der Waals surface area contributed by atoms with Gasteiger partial charge in [-0.15, -0.1) is 0 Å². The minimum atomic E-state index is -3.70. The highest BCUT2D eigenvalue weighted by molar-refractivity contribution is 7.89. The Morgan fingerprint density at radius 3 is 2.10 bits per heavy atom. The maximum absolute atomic E-state index is 12.4. The summed E-state index contributed by atoms with van der Waals surface area (Å²) in [6.45, 7) is 0.0417. The summed E-state index contributed by atoms with van der Waals surface area (Å²) in [6, 6.07) is 24.9. The summed E-state index contributed by atoms with van der Waals surface area (Å²) in [5, 5.41) is 11.3. The van der Waals surface area contributed by atoms with Crippen molar-refractivity contribution in [3.8, 4) is 17.2 Å². The zero-order chi connectivity index (χ0) is 20.7. The predicted octanol–water partition coefficient (Wildman–Crippen LogP) is 3.80. The molecule has 3 aromatic carbocycles. The second-order valence-corrected chi connectivity index (χ2v) is 7.99. The minimum absolute atomic E-state index is 0.0409. The van der Waals surface area contributed by atoms with E-state index in [1.807, 2.05) is 60.7 Å². The molecular formula is C22H19N3O3S. The van der Waals surface area contributed by atoms with E-state index in [1.54, 1.807) is 0 Å². The molecule has 3 rings (SSSR count). The number of hydrogen-bond donors (Lipinski definition) is 2. The summed E-state index contributed by atoms with van der Waals surface area (Å²) in [4.78, 5) is 12.5. The van der Waals surface area contributed by atoms with Gasteiger partial charge in [0.1, 0.15) is 0 Å². The number of nitriles is 1. The fourth-order valence-electron chi connectivity index (χ4n) is 2.69. The monoisotopic (exact) mass is 405 g/mol. The van der Waals surface area contributed by atoms with Gasteiger partial charge in [0.15, 0.2) is 0 Å². The van der Waals surface area contributed by atoms with Crippen molar-refractivity contribution in [1.82, 2.24) is 4.72 Å². The molecule has 29 heavy (non-hydrogen) atoms. The summed E-state index contributed by atoms with van der Waals surface area (Å²) >= 11 is 0. The third-order valence-electron chi connectivity index (χ3n) is 4.21. The molecule has 146 valence electrons. The SMILES string of the molecule is N#CCCNS(=O)(=O)c1ccc(C(=O)Nc2ccc(-c3ccccc3)cc2)cc1. The summed E-state index contributed by atoms with van der Waals surface area (Å²) < 4.78 is 26.5. The van der Waals surface area contributed by atoms with Crippen LogP contribution < -0.4 is 10.0 Å². The Morgan fingerprint density at radius 1 is 0.862 bits per heavy atom. The number of benzene rings is 3. The van der Waals surface area contributed by atoms with Crippen molar-refractivity contribution in [2.45, 2.75) is 11.3 Å². The summed E-state index contributed by atoms with van der Waals surface area (Å²) in [5.41, 5.74) is 3.12. The van der Waals surface area contributed by atoms with Crippen LogP contribution in [-0.4, -0.2) is 20.9 Å². The van der Waals surface area contributed by atoms with Gasteiger partial charge in [0, 0.05) is 24.2 Å². The van der Waals surface area contributed by atoms with Crippen LogP contribution in [0.15, 0.2) is 83.8 Å². The van der Waals surface area contributed by atoms with Gasteiger partial charge in [0.25, 0.3) is 5.91 Å². The molecular weight excluding hydrogens is 386 g/mol. The van der Waals surface area contributed by atoms with E-state index in [2.05, 4.69) is 10.0 Å². The summed E-state index contributed by atoms with van der Waals surface area (Å²) in [7, 11) is -3.70. The van der Waals surface area contributed by atoms with Crippen LogP contribution in [0.2, 0.25) is 0 Å². The first-order chi connectivity index (χ1) is 14.0. The highest BCUT2D eigenvalue weighted by Gasteiger charge is 2.14. The molecule has 0 fully saturated rings. The van der Waals surface area contributed by atoms with E-state index < -0.39 is 10.0 Å². The van der Waals surface area contributed by atoms with Crippen molar-refractivity contribution in [1.29, 1.82) is 5.26 Å². The highest BCUT2D eigenvalue weighted by Crippen LogP contribution is 2.21. The van der Waals surface area contributed by atoms with Crippen molar-refractivity contribution in [3.05, 3.63) is 84.4 Å². The van der Waals surface area contributed by atoms with Crippen LogP contribution in [0.1, 0.15) is 16.8 Å². The van der Waals surface area contributed by atoms with Crippen molar-refractivity contribution >= 4 is 21.6 Å². The van der Waals surface area contributed by atoms with Gasteiger partial charge in [0.2, 0.25) is 10.0 Å². The molecule has 0 aromatic heterocycles. The van der Waals surface area contributed by atoms with E-state index >= 15 is 0 Å². The maximum atomic E-state index is 12.4. The second-order valence-electron chi connectivity index (χ2n) is 6.23. The molecule has 2 N–H and O–H groups in total. The third kappa shape index (κ3) is 5.29. The molecule has 6 nitrogen and oxygen atoms in total. The lowest BCUT2D eigenvalue weighted by Gasteiger charge is -2.08. The van der Waals surface area contributed by atoms with Crippen LogP contribution in [0, 0.1) is 11.3 Å². The molecule has 0 bridgehead atoms. The van der Waals surface area contributed by atoms with E-state index in [1.165, 1.54) is 24.3 Å². The Bertz CT molecular complexity index is 1120. The van der Waals surface area contributed by atoms with Gasteiger partial charge in [-0.05, 0) is 47.5 Å². The van der Waals surface area contributed by atoms with E-state index in [0.717, 1.165) is 11.1 Å². The Labute approximate surface area is 169 Å². The number of nitrogens with one attached hydrogen (secondary N) is 2. The van der Waals surface area contributed by atoms with Crippen molar-refractivity contribution in [2.24, 2.45) is 0 Å². The zero-order valence-electron chi connectivity index (χ0n) is 15.5. The van der Waals surface area contributed by atoms with Crippen LogP contribution in [-0.2, 0) is 10.0 Å². The summed E-state index contributed by atoms with van der Waals surface area (Å²) in [5.74, 6) is -0.334. The quantitative estimate of drug-likeness (QED) is 0.584. The molecule has 7 heteroatoms. The topological polar surface area (TPSA) is 99.1 Å². The Hall–Kier alpha value is -3.47. The third-order valence-corrected chi connectivity index (χ3v) is 5.68. The molecule has 0 saturated carbocycles. The lowest BCUT2D eigenvalue weighted by atomic mass is 10.1. The van der Waals surface area contributed by atoms with Gasteiger partial charge < -0.3 is 5.32 Å². The van der Waals surface area contributed by atoms with Crippen LogP contribution >= 0.6 is 0 Å². The number of anilines is 1. The van der Waals surface area contributed by atoms with Gasteiger partial charge in [0.05, 0.1) is 11.0 Å².